The Morgan fingerprint density at radius 1 is 1.10 bits per heavy atom. The Morgan fingerprint density at radius 3 is 2.45 bits per heavy atom. The van der Waals surface area contributed by atoms with Crippen LogP contribution in [0.5, 0.6) is 0 Å². The molecule has 1 aliphatic heterocycles. The molecule has 3 rings (SSSR count). The quantitative estimate of drug-likeness (QED) is 0.849. The molecule has 102 valence electrons. The molecule has 0 saturated carbocycles. The van der Waals surface area contributed by atoms with Crippen molar-refractivity contribution >= 4 is 11.5 Å². The maximum Gasteiger partial charge on any atom is 0.185 e. The summed E-state index contributed by atoms with van der Waals surface area (Å²) in [5.41, 5.74) is 4.37. The molecule has 1 heterocycles. The number of anilines is 1. The maximum atomic E-state index is 12.5. The third-order valence-electron chi connectivity index (χ3n) is 3.95. The highest BCUT2D eigenvalue weighted by Gasteiger charge is 2.26. The van der Waals surface area contributed by atoms with Gasteiger partial charge in [0.2, 0.25) is 0 Å². The molecule has 0 aromatic heterocycles. The van der Waals surface area contributed by atoms with Crippen LogP contribution < -0.4 is 5.32 Å². The number of carbonyl (C=O) groups is 1. The van der Waals surface area contributed by atoms with Crippen molar-refractivity contribution in [2.75, 3.05) is 5.32 Å². The van der Waals surface area contributed by atoms with Crippen LogP contribution in [0, 0.1) is 0 Å². The number of Topliss-reactive ketones (excluding diaryl/α,β-unsaturated/α-hetero) is 1. The minimum atomic E-state index is -0.128. The fourth-order valence-corrected chi connectivity index (χ4v) is 2.69. The van der Waals surface area contributed by atoms with E-state index in [2.05, 4.69) is 37.4 Å². The van der Waals surface area contributed by atoms with E-state index >= 15 is 0 Å². The molecule has 0 amide bonds. The summed E-state index contributed by atoms with van der Waals surface area (Å²) in [5, 5.41) is 3.32. The van der Waals surface area contributed by atoms with Crippen molar-refractivity contribution < 1.29 is 4.79 Å². The van der Waals surface area contributed by atoms with E-state index in [9.17, 15) is 4.79 Å². The van der Waals surface area contributed by atoms with Gasteiger partial charge in [0.1, 0.15) is 0 Å². The second-order valence-electron chi connectivity index (χ2n) is 5.70. The Bertz CT molecular complexity index is 603. The zero-order valence-electron chi connectivity index (χ0n) is 11.9. The molecule has 2 aromatic carbocycles. The van der Waals surface area contributed by atoms with Crippen molar-refractivity contribution in [2.45, 2.75) is 32.2 Å². The SMILES string of the molecule is CC(C)c1ccc(C(=O)C2Cc3ccccc3N2)cc1. The number of ketones is 1. The highest BCUT2D eigenvalue weighted by Crippen LogP contribution is 2.27. The molecule has 2 nitrogen and oxygen atoms in total. The summed E-state index contributed by atoms with van der Waals surface area (Å²) in [5.74, 6) is 0.671. The number of rotatable bonds is 3. The third kappa shape index (κ3) is 2.34. The van der Waals surface area contributed by atoms with Crippen molar-refractivity contribution in [3.8, 4) is 0 Å². The highest BCUT2D eigenvalue weighted by molar-refractivity contribution is 6.02. The van der Waals surface area contributed by atoms with Crippen LogP contribution >= 0.6 is 0 Å². The Labute approximate surface area is 119 Å². The molecule has 2 aromatic rings. The number of para-hydroxylation sites is 1. The van der Waals surface area contributed by atoms with E-state index in [1.54, 1.807) is 0 Å². The lowest BCUT2D eigenvalue weighted by atomic mass is 9.97. The molecular weight excluding hydrogens is 246 g/mol. The van der Waals surface area contributed by atoms with Gasteiger partial charge in [0.05, 0.1) is 6.04 Å². The largest absolute Gasteiger partial charge is 0.374 e. The molecule has 1 N–H and O–H groups in total. The number of fused-ring (bicyclic) bond motifs is 1. The summed E-state index contributed by atoms with van der Waals surface area (Å²) in [6.45, 7) is 4.32. The average molecular weight is 265 g/mol. The van der Waals surface area contributed by atoms with Crippen LogP contribution in [0.15, 0.2) is 48.5 Å². The predicted molar refractivity (Wildman–Crippen MR) is 82.4 cm³/mol. The van der Waals surface area contributed by atoms with Gasteiger partial charge in [-0.3, -0.25) is 4.79 Å². The first-order valence-corrected chi connectivity index (χ1v) is 7.14. The Morgan fingerprint density at radius 2 is 1.80 bits per heavy atom. The van der Waals surface area contributed by atoms with Crippen LogP contribution in [0.4, 0.5) is 5.69 Å². The number of hydrogen-bond acceptors (Lipinski definition) is 2. The first kappa shape index (κ1) is 12.9. The first-order chi connectivity index (χ1) is 9.65. The molecule has 1 atom stereocenters. The summed E-state index contributed by atoms with van der Waals surface area (Å²) >= 11 is 0. The topological polar surface area (TPSA) is 29.1 Å². The monoisotopic (exact) mass is 265 g/mol. The van der Waals surface area contributed by atoms with E-state index in [0.717, 1.165) is 17.7 Å². The van der Waals surface area contributed by atoms with Crippen LogP contribution in [0.25, 0.3) is 0 Å². The van der Waals surface area contributed by atoms with Crippen LogP contribution in [0.1, 0.15) is 41.3 Å². The maximum absolute atomic E-state index is 12.5. The fourth-order valence-electron chi connectivity index (χ4n) is 2.69. The molecule has 1 aliphatic rings. The summed E-state index contributed by atoms with van der Waals surface area (Å²) in [6, 6.07) is 16.0. The lowest BCUT2D eigenvalue weighted by Gasteiger charge is -2.11. The third-order valence-corrected chi connectivity index (χ3v) is 3.95. The molecule has 1 unspecified atom stereocenters. The van der Waals surface area contributed by atoms with E-state index in [0.29, 0.717) is 5.92 Å². The van der Waals surface area contributed by atoms with Crippen molar-refractivity contribution in [1.29, 1.82) is 0 Å². The van der Waals surface area contributed by atoms with E-state index < -0.39 is 0 Å². The number of benzene rings is 2. The number of carbonyl (C=O) groups excluding carboxylic acids is 1. The molecule has 0 saturated heterocycles. The summed E-state index contributed by atoms with van der Waals surface area (Å²) in [7, 11) is 0. The standard InChI is InChI=1S/C18H19NO/c1-12(2)13-7-9-14(10-8-13)18(20)17-11-15-5-3-4-6-16(15)19-17/h3-10,12,17,19H,11H2,1-2H3. The molecule has 0 spiro atoms. The minimum Gasteiger partial charge on any atom is -0.374 e. The molecule has 20 heavy (non-hydrogen) atoms. The van der Waals surface area contributed by atoms with Gasteiger partial charge in [0.25, 0.3) is 0 Å². The van der Waals surface area contributed by atoms with E-state index in [-0.39, 0.29) is 11.8 Å². The van der Waals surface area contributed by atoms with E-state index in [4.69, 9.17) is 0 Å². The van der Waals surface area contributed by atoms with Gasteiger partial charge in [-0.05, 0) is 23.1 Å². The van der Waals surface area contributed by atoms with Gasteiger partial charge >= 0.3 is 0 Å². The Hall–Kier alpha value is -2.09. The summed E-state index contributed by atoms with van der Waals surface area (Å²) in [6.07, 6.45) is 0.779. The van der Waals surface area contributed by atoms with Gasteiger partial charge < -0.3 is 5.32 Å². The van der Waals surface area contributed by atoms with Crippen LogP contribution in [0.2, 0.25) is 0 Å². The number of hydrogen-bond donors (Lipinski definition) is 1. The molecule has 0 fully saturated rings. The van der Waals surface area contributed by atoms with Crippen molar-refractivity contribution in [1.82, 2.24) is 0 Å². The van der Waals surface area contributed by atoms with E-state index in [1.165, 1.54) is 11.1 Å². The molecule has 0 radical (unpaired) electrons. The summed E-state index contributed by atoms with van der Waals surface area (Å²) < 4.78 is 0. The van der Waals surface area contributed by atoms with Gasteiger partial charge in [0, 0.05) is 17.7 Å². The molecule has 0 bridgehead atoms. The van der Waals surface area contributed by atoms with Crippen LogP contribution in [-0.2, 0) is 6.42 Å². The molecule has 0 aliphatic carbocycles. The lowest BCUT2D eigenvalue weighted by molar-refractivity contribution is 0.0971. The fraction of sp³-hybridized carbons (Fsp3) is 0.278. The highest BCUT2D eigenvalue weighted by atomic mass is 16.1. The predicted octanol–water partition coefficient (Wildman–Crippen LogP) is 4.03. The summed E-state index contributed by atoms with van der Waals surface area (Å²) in [4.78, 5) is 12.5. The minimum absolute atomic E-state index is 0.128. The second kappa shape index (κ2) is 5.12. The number of nitrogens with one attached hydrogen (secondary N) is 1. The zero-order chi connectivity index (χ0) is 14.1. The smallest absolute Gasteiger partial charge is 0.185 e. The molecule has 2 heteroatoms. The Kier molecular flexibility index (Phi) is 3.31. The van der Waals surface area contributed by atoms with Gasteiger partial charge in [0.15, 0.2) is 5.78 Å². The lowest BCUT2D eigenvalue weighted by Crippen LogP contribution is -2.27. The average Bonchev–Trinajstić information content (AvgIpc) is 2.90. The zero-order valence-corrected chi connectivity index (χ0v) is 11.9. The Balaban J connectivity index is 1.78. The van der Waals surface area contributed by atoms with Gasteiger partial charge in [-0.1, -0.05) is 56.3 Å². The molecular formula is C18H19NO. The van der Waals surface area contributed by atoms with Gasteiger partial charge in [-0.15, -0.1) is 0 Å². The van der Waals surface area contributed by atoms with Gasteiger partial charge in [-0.2, -0.15) is 0 Å². The second-order valence-corrected chi connectivity index (χ2v) is 5.70. The van der Waals surface area contributed by atoms with E-state index in [1.807, 2.05) is 30.3 Å². The van der Waals surface area contributed by atoms with Crippen molar-refractivity contribution in [3.05, 3.63) is 65.2 Å². The first-order valence-electron chi connectivity index (χ1n) is 7.14. The normalized spacial score (nSPS) is 16.9. The van der Waals surface area contributed by atoms with Crippen LogP contribution in [-0.4, -0.2) is 11.8 Å². The van der Waals surface area contributed by atoms with Gasteiger partial charge in [-0.25, -0.2) is 0 Å². The van der Waals surface area contributed by atoms with Crippen molar-refractivity contribution in [2.24, 2.45) is 0 Å². The van der Waals surface area contributed by atoms with Crippen molar-refractivity contribution in [3.63, 3.8) is 0 Å². The van der Waals surface area contributed by atoms with Crippen LogP contribution in [0.3, 0.4) is 0 Å².